The molecule has 1 aromatic rings. The van der Waals surface area contributed by atoms with E-state index in [2.05, 4.69) is 10.5 Å². The molecule has 0 saturated heterocycles. The molecular weight excluding hydrogens is 281 g/mol. The summed E-state index contributed by atoms with van der Waals surface area (Å²) in [4.78, 5) is 0. The van der Waals surface area contributed by atoms with Gasteiger partial charge in [0.15, 0.2) is 0 Å². The van der Waals surface area contributed by atoms with E-state index in [1.165, 1.54) is 0 Å². The Kier molecular flexibility index (Phi) is 5.27. The summed E-state index contributed by atoms with van der Waals surface area (Å²) in [6, 6.07) is 1.57. The third-order valence-electron chi connectivity index (χ3n) is 4.60. The molecule has 120 valence electrons. The first kappa shape index (κ1) is 16.3. The molecule has 0 amide bonds. The molecule has 3 atom stereocenters. The smallest absolute Gasteiger partial charge is 0.273 e. The maximum Gasteiger partial charge on any atom is 0.392 e. The molecule has 1 heterocycles. The lowest BCUT2D eigenvalue weighted by Crippen LogP contribution is -2.48. The van der Waals surface area contributed by atoms with E-state index in [1.54, 1.807) is 10.9 Å². The van der Waals surface area contributed by atoms with Crippen LogP contribution in [0.1, 0.15) is 37.8 Å². The molecule has 21 heavy (non-hydrogen) atoms. The van der Waals surface area contributed by atoms with Gasteiger partial charge < -0.3 is 0 Å². The third-order valence-corrected chi connectivity index (χ3v) is 4.60. The molecule has 0 radical (unpaired) electrons. The van der Waals surface area contributed by atoms with Crippen LogP contribution in [0.15, 0.2) is 12.3 Å². The van der Waals surface area contributed by atoms with Crippen LogP contribution in [0.25, 0.3) is 0 Å². The number of hydrogen-bond donors (Lipinski definition) is 2. The molecule has 0 aliphatic heterocycles. The zero-order valence-electron chi connectivity index (χ0n) is 12.2. The Morgan fingerprint density at radius 3 is 2.71 bits per heavy atom. The molecule has 0 spiro atoms. The highest BCUT2D eigenvalue weighted by atomic mass is 19.4. The van der Waals surface area contributed by atoms with Gasteiger partial charge in [-0.1, -0.05) is 12.8 Å². The standard InChI is InChI=1S/C14H23F3N4/c1-21-10(8-9-19-21)6-7-13(20-18)11-4-2-3-5-12(11)14(15,16)17/h8-9,11-13,20H,2-7,18H2,1H3. The van der Waals surface area contributed by atoms with Crippen molar-refractivity contribution in [1.29, 1.82) is 0 Å². The summed E-state index contributed by atoms with van der Waals surface area (Å²) in [6.07, 6.45) is 1.13. The van der Waals surface area contributed by atoms with Gasteiger partial charge in [0, 0.05) is 25.0 Å². The van der Waals surface area contributed by atoms with E-state index in [-0.39, 0.29) is 12.5 Å². The van der Waals surface area contributed by atoms with Crippen LogP contribution in [0.2, 0.25) is 0 Å². The monoisotopic (exact) mass is 304 g/mol. The number of nitrogens with one attached hydrogen (secondary N) is 1. The molecule has 1 aromatic heterocycles. The van der Waals surface area contributed by atoms with Gasteiger partial charge in [0.25, 0.3) is 0 Å². The van der Waals surface area contributed by atoms with Crippen LogP contribution in [-0.2, 0) is 13.5 Å². The van der Waals surface area contributed by atoms with Crippen LogP contribution >= 0.6 is 0 Å². The lowest BCUT2D eigenvalue weighted by molar-refractivity contribution is -0.199. The van der Waals surface area contributed by atoms with Gasteiger partial charge in [0.2, 0.25) is 0 Å². The number of nitrogens with two attached hydrogens (primary N) is 1. The van der Waals surface area contributed by atoms with Crippen LogP contribution in [-0.4, -0.2) is 22.0 Å². The van der Waals surface area contributed by atoms with Crippen molar-refractivity contribution in [2.45, 2.75) is 50.7 Å². The molecule has 1 aliphatic carbocycles. The fraction of sp³-hybridized carbons (Fsp3) is 0.786. The summed E-state index contributed by atoms with van der Waals surface area (Å²) < 4.78 is 41.3. The fourth-order valence-electron chi connectivity index (χ4n) is 3.42. The SMILES string of the molecule is Cn1nccc1CCC(NN)C1CCCCC1C(F)(F)F. The Bertz CT molecular complexity index is 444. The Labute approximate surface area is 122 Å². The van der Waals surface area contributed by atoms with Crippen LogP contribution < -0.4 is 11.3 Å². The maximum atomic E-state index is 13.2. The first-order valence-electron chi connectivity index (χ1n) is 7.43. The van der Waals surface area contributed by atoms with E-state index in [1.807, 2.05) is 13.1 Å². The fourth-order valence-corrected chi connectivity index (χ4v) is 3.42. The van der Waals surface area contributed by atoms with Crippen molar-refractivity contribution in [1.82, 2.24) is 15.2 Å². The highest BCUT2D eigenvalue weighted by Crippen LogP contribution is 2.43. The highest BCUT2D eigenvalue weighted by molar-refractivity contribution is 5.01. The second kappa shape index (κ2) is 6.79. The van der Waals surface area contributed by atoms with Crippen molar-refractivity contribution in [2.24, 2.45) is 24.7 Å². The molecule has 0 bridgehead atoms. The summed E-state index contributed by atoms with van der Waals surface area (Å²) in [6.45, 7) is 0. The Morgan fingerprint density at radius 1 is 1.43 bits per heavy atom. The molecule has 3 unspecified atom stereocenters. The summed E-state index contributed by atoms with van der Waals surface area (Å²) in [5.74, 6) is 3.88. The minimum atomic E-state index is -4.13. The van der Waals surface area contributed by atoms with E-state index in [9.17, 15) is 13.2 Å². The van der Waals surface area contributed by atoms with Crippen LogP contribution in [0.3, 0.4) is 0 Å². The largest absolute Gasteiger partial charge is 0.392 e. The zero-order chi connectivity index (χ0) is 15.5. The second-order valence-electron chi connectivity index (χ2n) is 5.85. The van der Waals surface area contributed by atoms with Gasteiger partial charge in [-0.15, -0.1) is 0 Å². The van der Waals surface area contributed by atoms with E-state index < -0.39 is 18.0 Å². The number of rotatable bonds is 5. The van der Waals surface area contributed by atoms with Crippen molar-refractivity contribution in [3.63, 3.8) is 0 Å². The van der Waals surface area contributed by atoms with Gasteiger partial charge >= 0.3 is 6.18 Å². The average molecular weight is 304 g/mol. The lowest BCUT2D eigenvalue weighted by Gasteiger charge is -2.38. The first-order chi connectivity index (χ1) is 9.93. The van der Waals surface area contributed by atoms with Crippen molar-refractivity contribution >= 4 is 0 Å². The van der Waals surface area contributed by atoms with Crippen molar-refractivity contribution in [3.8, 4) is 0 Å². The number of nitrogens with zero attached hydrogens (tertiary/aromatic N) is 2. The topological polar surface area (TPSA) is 55.9 Å². The van der Waals surface area contributed by atoms with Gasteiger partial charge in [0.1, 0.15) is 0 Å². The number of hydrazine groups is 1. The van der Waals surface area contributed by atoms with Crippen molar-refractivity contribution < 1.29 is 13.2 Å². The highest BCUT2D eigenvalue weighted by Gasteiger charge is 2.47. The minimum Gasteiger partial charge on any atom is -0.273 e. The molecule has 1 fully saturated rings. The lowest BCUT2D eigenvalue weighted by atomic mass is 9.74. The maximum absolute atomic E-state index is 13.2. The van der Waals surface area contributed by atoms with Crippen LogP contribution in [0, 0.1) is 11.8 Å². The summed E-state index contributed by atoms with van der Waals surface area (Å²) in [7, 11) is 1.83. The summed E-state index contributed by atoms with van der Waals surface area (Å²) in [5, 5.41) is 4.07. The van der Waals surface area contributed by atoms with E-state index in [0.717, 1.165) is 12.1 Å². The van der Waals surface area contributed by atoms with Crippen LogP contribution in [0.5, 0.6) is 0 Å². The number of halogens is 3. The average Bonchev–Trinajstić information content (AvgIpc) is 2.84. The van der Waals surface area contributed by atoms with Crippen LogP contribution in [0.4, 0.5) is 13.2 Å². The predicted octanol–water partition coefficient (Wildman–Crippen LogP) is 2.55. The number of aryl methyl sites for hydroxylation is 2. The molecule has 2 rings (SSSR count). The molecule has 1 saturated carbocycles. The minimum absolute atomic E-state index is 0.220. The molecule has 0 aromatic carbocycles. The number of hydrogen-bond acceptors (Lipinski definition) is 3. The number of aromatic nitrogens is 2. The van der Waals surface area contributed by atoms with Gasteiger partial charge in [-0.05, 0) is 37.7 Å². The molecule has 7 heteroatoms. The Morgan fingerprint density at radius 2 is 2.14 bits per heavy atom. The normalized spacial score (nSPS) is 25.0. The van der Waals surface area contributed by atoms with E-state index >= 15 is 0 Å². The zero-order valence-corrected chi connectivity index (χ0v) is 12.2. The van der Waals surface area contributed by atoms with Crippen molar-refractivity contribution in [3.05, 3.63) is 18.0 Å². The van der Waals surface area contributed by atoms with Gasteiger partial charge in [-0.3, -0.25) is 16.0 Å². The van der Waals surface area contributed by atoms with E-state index in [0.29, 0.717) is 25.7 Å². The second-order valence-corrected chi connectivity index (χ2v) is 5.85. The van der Waals surface area contributed by atoms with Gasteiger partial charge in [0.05, 0.1) is 5.92 Å². The third kappa shape index (κ3) is 3.97. The van der Waals surface area contributed by atoms with E-state index in [4.69, 9.17) is 5.84 Å². The molecule has 3 N–H and O–H groups in total. The predicted molar refractivity (Wildman–Crippen MR) is 74.1 cm³/mol. The molecule has 4 nitrogen and oxygen atoms in total. The summed E-state index contributed by atoms with van der Waals surface area (Å²) in [5.41, 5.74) is 3.63. The molecule has 1 aliphatic rings. The van der Waals surface area contributed by atoms with Gasteiger partial charge in [-0.25, -0.2) is 0 Å². The quantitative estimate of drug-likeness (QED) is 0.649. The molecular formula is C14H23F3N4. The van der Waals surface area contributed by atoms with Gasteiger partial charge in [-0.2, -0.15) is 18.3 Å². The van der Waals surface area contributed by atoms with Crippen molar-refractivity contribution in [2.75, 3.05) is 0 Å². The first-order valence-corrected chi connectivity index (χ1v) is 7.43. The Balaban J connectivity index is 2.02. The Hall–Kier alpha value is -1.08. The number of alkyl halides is 3. The summed E-state index contributed by atoms with van der Waals surface area (Å²) >= 11 is 0.